The Kier molecular flexibility index (Phi) is 3.36. The fourth-order valence-electron chi connectivity index (χ4n) is 3.36. The van der Waals surface area contributed by atoms with Crippen LogP contribution >= 0.6 is 15.9 Å². The van der Waals surface area contributed by atoms with E-state index >= 15 is 0 Å². The van der Waals surface area contributed by atoms with Crippen LogP contribution in [-0.4, -0.2) is 30.1 Å². The maximum atomic E-state index is 6.39. The van der Waals surface area contributed by atoms with E-state index in [9.17, 15) is 0 Å². The van der Waals surface area contributed by atoms with Crippen molar-refractivity contribution < 1.29 is 4.74 Å². The predicted octanol–water partition coefficient (Wildman–Crippen LogP) is 3.08. The van der Waals surface area contributed by atoms with E-state index in [4.69, 9.17) is 10.5 Å². The molecule has 1 fully saturated rings. The summed E-state index contributed by atoms with van der Waals surface area (Å²) in [6, 6.07) is 6.81. The highest BCUT2D eigenvalue weighted by molar-refractivity contribution is 9.10. The third kappa shape index (κ3) is 2.41. The zero-order chi connectivity index (χ0) is 13.6. The lowest BCUT2D eigenvalue weighted by Crippen LogP contribution is -2.53. The number of halogens is 1. The number of hydrogen-bond donors (Lipinski definition) is 1. The summed E-state index contributed by atoms with van der Waals surface area (Å²) >= 11 is 3.52. The minimum absolute atomic E-state index is 0.0703. The van der Waals surface area contributed by atoms with E-state index in [2.05, 4.69) is 46.9 Å². The lowest BCUT2D eigenvalue weighted by atomic mass is 9.78. The Bertz CT molecular complexity index is 493. The van der Waals surface area contributed by atoms with Crippen molar-refractivity contribution in [3.05, 3.63) is 28.2 Å². The number of hydrogen-bond acceptors (Lipinski definition) is 3. The summed E-state index contributed by atoms with van der Waals surface area (Å²) in [5.74, 6) is 0.963. The molecule has 3 atom stereocenters. The summed E-state index contributed by atoms with van der Waals surface area (Å²) in [7, 11) is 2.19. The minimum atomic E-state index is -0.0703. The molecule has 4 heteroatoms. The molecule has 19 heavy (non-hydrogen) atoms. The van der Waals surface area contributed by atoms with Gasteiger partial charge in [0, 0.05) is 41.5 Å². The smallest absolute Gasteiger partial charge is 0.126 e. The molecular weight excluding hydrogens is 304 g/mol. The molecule has 2 aliphatic heterocycles. The molecule has 0 aromatic heterocycles. The molecule has 0 radical (unpaired) electrons. The van der Waals surface area contributed by atoms with Gasteiger partial charge in [-0.15, -0.1) is 0 Å². The highest BCUT2D eigenvalue weighted by Crippen LogP contribution is 2.45. The number of ether oxygens (including phenoxy) is 1. The Balaban J connectivity index is 1.91. The molecule has 0 aliphatic carbocycles. The van der Waals surface area contributed by atoms with Gasteiger partial charge in [-0.05, 0) is 32.5 Å². The maximum Gasteiger partial charge on any atom is 0.126 e. The maximum absolute atomic E-state index is 6.39. The minimum Gasteiger partial charge on any atom is -0.487 e. The molecule has 2 heterocycles. The molecule has 1 saturated heterocycles. The third-order valence-electron chi connectivity index (χ3n) is 4.63. The largest absolute Gasteiger partial charge is 0.487 e. The number of nitrogens with zero attached hydrogens (tertiary/aromatic N) is 1. The first-order chi connectivity index (χ1) is 8.99. The van der Waals surface area contributed by atoms with Gasteiger partial charge in [-0.25, -0.2) is 0 Å². The zero-order valence-electron chi connectivity index (χ0n) is 11.5. The van der Waals surface area contributed by atoms with Crippen molar-refractivity contribution in [2.24, 2.45) is 5.73 Å². The Hall–Kier alpha value is -0.580. The van der Waals surface area contributed by atoms with Crippen LogP contribution in [0.25, 0.3) is 0 Å². The van der Waals surface area contributed by atoms with Gasteiger partial charge in [0.05, 0.1) is 0 Å². The van der Waals surface area contributed by atoms with Crippen LogP contribution in [0.1, 0.15) is 37.8 Å². The average Bonchev–Trinajstić information content (AvgIpc) is 2.34. The molecule has 2 N–H and O–H groups in total. The predicted molar refractivity (Wildman–Crippen MR) is 80.4 cm³/mol. The van der Waals surface area contributed by atoms with Crippen LogP contribution < -0.4 is 10.5 Å². The quantitative estimate of drug-likeness (QED) is 0.797. The van der Waals surface area contributed by atoms with Gasteiger partial charge in [0.15, 0.2) is 0 Å². The van der Waals surface area contributed by atoms with Gasteiger partial charge in [-0.2, -0.15) is 0 Å². The molecule has 3 nitrogen and oxygen atoms in total. The van der Waals surface area contributed by atoms with Crippen molar-refractivity contribution in [2.75, 3.05) is 13.6 Å². The highest BCUT2D eigenvalue weighted by atomic mass is 79.9. The lowest BCUT2D eigenvalue weighted by molar-refractivity contribution is -0.0358. The van der Waals surface area contributed by atoms with E-state index in [0.29, 0.717) is 6.04 Å². The van der Waals surface area contributed by atoms with Crippen LogP contribution in [0.2, 0.25) is 0 Å². The van der Waals surface area contributed by atoms with Gasteiger partial charge < -0.3 is 15.4 Å². The second-order valence-corrected chi connectivity index (χ2v) is 6.98. The first-order valence-electron chi connectivity index (χ1n) is 6.93. The molecule has 2 aliphatic rings. The standard InChI is InChI=1S/C15H21BrN2O/c1-10-8-15(5-6-18(10)2)9-13(17)12-4-3-11(16)7-14(12)19-15/h3-4,7,10,13H,5-6,8-9,17H2,1-2H3/t10?,13-,15?/m1/s1. The van der Waals surface area contributed by atoms with Crippen molar-refractivity contribution in [1.29, 1.82) is 0 Å². The monoisotopic (exact) mass is 324 g/mol. The molecular formula is C15H21BrN2O. The fourth-order valence-corrected chi connectivity index (χ4v) is 3.70. The number of piperidine rings is 1. The first-order valence-corrected chi connectivity index (χ1v) is 7.73. The van der Waals surface area contributed by atoms with Crippen molar-refractivity contribution in [3.63, 3.8) is 0 Å². The molecule has 2 unspecified atom stereocenters. The van der Waals surface area contributed by atoms with Gasteiger partial charge in [-0.3, -0.25) is 0 Å². The number of benzene rings is 1. The van der Waals surface area contributed by atoms with Gasteiger partial charge in [0.2, 0.25) is 0 Å². The Morgan fingerprint density at radius 1 is 1.42 bits per heavy atom. The Morgan fingerprint density at radius 2 is 2.21 bits per heavy atom. The van der Waals surface area contributed by atoms with Crippen LogP contribution in [0, 0.1) is 0 Å². The zero-order valence-corrected chi connectivity index (χ0v) is 13.1. The Labute approximate surface area is 123 Å². The second kappa shape index (κ2) is 4.76. The molecule has 3 rings (SSSR count). The van der Waals surface area contributed by atoms with Crippen LogP contribution in [-0.2, 0) is 0 Å². The van der Waals surface area contributed by atoms with Gasteiger partial charge >= 0.3 is 0 Å². The van der Waals surface area contributed by atoms with Crippen molar-refractivity contribution in [2.45, 2.75) is 43.9 Å². The van der Waals surface area contributed by atoms with Crippen molar-refractivity contribution >= 4 is 15.9 Å². The fraction of sp³-hybridized carbons (Fsp3) is 0.600. The van der Waals surface area contributed by atoms with Gasteiger partial charge in [0.25, 0.3) is 0 Å². The molecule has 104 valence electrons. The van der Waals surface area contributed by atoms with Crippen molar-refractivity contribution in [1.82, 2.24) is 4.90 Å². The van der Waals surface area contributed by atoms with Crippen LogP contribution in [0.3, 0.4) is 0 Å². The third-order valence-corrected chi connectivity index (χ3v) is 5.13. The van der Waals surface area contributed by atoms with Crippen LogP contribution in [0.4, 0.5) is 0 Å². The van der Waals surface area contributed by atoms with Crippen molar-refractivity contribution in [3.8, 4) is 5.75 Å². The summed E-state index contributed by atoms with van der Waals surface area (Å²) in [5.41, 5.74) is 7.44. The molecule has 1 aromatic carbocycles. The molecule has 1 spiro atoms. The molecule has 1 aromatic rings. The van der Waals surface area contributed by atoms with Gasteiger partial charge in [-0.1, -0.05) is 22.0 Å². The normalized spacial score (nSPS) is 34.9. The summed E-state index contributed by atoms with van der Waals surface area (Å²) < 4.78 is 7.45. The SMILES string of the molecule is CC1CC2(CCN1C)C[C@@H](N)c1ccc(Br)cc1O2. The number of likely N-dealkylation sites (tertiary alicyclic amines) is 1. The number of fused-ring (bicyclic) bond motifs is 1. The number of nitrogens with two attached hydrogens (primary N) is 1. The van der Waals surface area contributed by atoms with E-state index in [1.54, 1.807) is 0 Å². The van der Waals surface area contributed by atoms with Gasteiger partial charge in [0.1, 0.15) is 11.4 Å². The molecule has 0 bridgehead atoms. The topological polar surface area (TPSA) is 38.5 Å². The Morgan fingerprint density at radius 3 is 2.95 bits per heavy atom. The van der Waals surface area contributed by atoms with E-state index in [1.165, 1.54) is 0 Å². The van der Waals surface area contributed by atoms with E-state index in [0.717, 1.165) is 41.6 Å². The summed E-state index contributed by atoms with van der Waals surface area (Å²) in [6.45, 7) is 3.35. The van der Waals surface area contributed by atoms with Crippen LogP contribution in [0.5, 0.6) is 5.75 Å². The van der Waals surface area contributed by atoms with Crippen LogP contribution in [0.15, 0.2) is 22.7 Å². The summed E-state index contributed by atoms with van der Waals surface area (Å²) in [6.07, 6.45) is 3.05. The molecule has 0 saturated carbocycles. The lowest BCUT2D eigenvalue weighted by Gasteiger charge is -2.48. The van der Waals surface area contributed by atoms with E-state index in [-0.39, 0.29) is 11.6 Å². The summed E-state index contributed by atoms with van der Waals surface area (Å²) in [5, 5.41) is 0. The van der Waals surface area contributed by atoms with E-state index in [1.807, 2.05) is 6.07 Å². The highest BCUT2D eigenvalue weighted by Gasteiger charge is 2.43. The first kappa shape index (κ1) is 13.4. The average molecular weight is 325 g/mol. The second-order valence-electron chi connectivity index (χ2n) is 6.06. The molecule has 0 amide bonds. The van der Waals surface area contributed by atoms with E-state index < -0.39 is 0 Å². The summed E-state index contributed by atoms with van der Waals surface area (Å²) in [4.78, 5) is 2.40. The number of rotatable bonds is 0.